The summed E-state index contributed by atoms with van der Waals surface area (Å²) in [5, 5.41) is 13.5. The van der Waals surface area contributed by atoms with Gasteiger partial charge in [0.15, 0.2) is 0 Å². The molecule has 0 heterocycles. The number of aliphatic hydroxyl groups excluding tert-OH is 1. The summed E-state index contributed by atoms with van der Waals surface area (Å²) in [4.78, 5) is 0. The maximum absolute atomic E-state index is 10.0. The fourth-order valence-electron chi connectivity index (χ4n) is 2.84. The lowest BCUT2D eigenvalue weighted by Gasteiger charge is -2.33. The molecule has 1 aromatic carbocycles. The lowest BCUT2D eigenvalue weighted by Crippen LogP contribution is -2.41. The Bertz CT molecular complexity index is 441. The number of hydrogen-bond donors (Lipinski definition) is 2. The molecule has 4 atom stereocenters. The maximum Gasteiger partial charge on any atom is 0.120 e. The van der Waals surface area contributed by atoms with Gasteiger partial charge < -0.3 is 15.2 Å². The van der Waals surface area contributed by atoms with Crippen LogP contribution in [0.4, 0.5) is 0 Å². The van der Waals surface area contributed by atoms with Crippen LogP contribution in [0.3, 0.4) is 0 Å². The molecule has 0 amide bonds. The van der Waals surface area contributed by atoms with Gasteiger partial charge in [-0.25, -0.2) is 0 Å². The summed E-state index contributed by atoms with van der Waals surface area (Å²) in [7, 11) is 0. The van der Waals surface area contributed by atoms with Crippen LogP contribution in [-0.4, -0.2) is 30.4 Å². The number of benzene rings is 1. The fourth-order valence-corrected chi connectivity index (χ4v) is 3.22. The second kappa shape index (κ2) is 8.16. The van der Waals surface area contributed by atoms with Gasteiger partial charge in [0.05, 0.1) is 0 Å². The third kappa shape index (κ3) is 5.61. The topological polar surface area (TPSA) is 41.5 Å². The number of rotatable bonds is 6. The van der Waals surface area contributed by atoms with E-state index in [4.69, 9.17) is 4.74 Å². The number of aliphatic hydroxyl groups is 1. The van der Waals surface area contributed by atoms with E-state index in [0.29, 0.717) is 19.2 Å². The second-order valence-electron chi connectivity index (χ2n) is 6.29. The van der Waals surface area contributed by atoms with Crippen LogP contribution in [0.1, 0.15) is 33.1 Å². The first-order valence-electron chi connectivity index (χ1n) is 7.84. The molecule has 1 fully saturated rings. The van der Waals surface area contributed by atoms with Crippen LogP contribution in [0.2, 0.25) is 0 Å². The van der Waals surface area contributed by atoms with Crippen molar-refractivity contribution in [1.29, 1.82) is 0 Å². The standard InChI is InChI=1S/C17H26BrNO2/c1-12-6-7-15(8-13(12)2)19-10-16(20)11-21-17-5-3-4-14(18)9-17/h3-5,9,12-13,15-16,19-20H,6-8,10-11H2,1-2H3. The first kappa shape index (κ1) is 16.8. The van der Waals surface area contributed by atoms with Gasteiger partial charge in [-0.3, -0.25) is 0 Å². The molecule has 1 aliphatic rings. The molecule has 21 heavy (non-hydrogen) atoms. The average molecular weight is 356 g/mol. The van der Waals surface area contributed by atoms with Gasteiger partial charge >= 0.3 is 0 Å². The van der Waals surface area contributed by atoms with Crippen molar-refractivity contribution >= 4 is 15.9 Å². The summed E-state index contributed by atoms with van der Waals surface area (Å²) in [6.45, 7) is 5.58. The molecule has 1 aromatic rings. The SMILES string of the molecule is CC1CCC(NCC(O)COc2cccc(Br)c2)CC1C. The van der Waals surface area contributed by atoms with E-state index in [9.17, 15) is 5.11 Å². The first-order chi connectivity index (χ1) is 10.0. The van der Waals surface area contributed by atoms with Crippen LogP contribution < -0.4 is 10.1 Å². The third-order valence-corrected chi connectivity index (χ3v) is 4.97. The molecule has 4 heteroatoms. The van der Waals surface area contributed by atoms with Crippen molar-refractivity contribution in [2.75, 3.05) is 13.2 Å². The minimum atomic E-state index is -0.473. The summed E-state index contributed by atoms with van der Waals surface area (Å²) in [5.41, 5.74) is 0. The Morgan fingerprint density at radius 3 is 2.86 bits per heavy atom. The van der Waals surface area contributed by atoms with Gasteiger partial charge in [0.25, 0.3) is 0 Å². The Kier molecular flexibility index (Phi) is 6.52. The quantitative estimate of drug-likeness (QED) is 0.818. The highest BCUT2D eigenvalue weighted by molar-refractivity contribution is 9.10. The molecule has 0 aliphatic heterocycles. The van der Waals surface area contributed by atoms with Crippen LogP contribution in [-0.2, 0) is 0 Å². The predicted molar refractivity (Wildman–Crippen MR) is 89.6 cm³/mol. The molecule has 0 saturated heterocycles. The molecule has 2 rings (SSSR count). The molecule has 0 spiro atoms. The lowest BCUT2D eigenvalue weighted by atomic mass is 9.79. The predicted octanol–water partition coefficient (Wildman–Crippen LogP) is 3.60. The van der Waals surface area contributed by atoms with Gasteiger partial charge in [-0.2, -0.15) is 0 Å². The Labute approximate surface area is 136 Å². The Hall–Kier alpha value is -0.580. The van der Waals surface area contributed by atoms with Crippen LogP contribution in [0.25, 0.3) is 0 Å². The van der Waals surface area contributed by atoms with Crippen molar-refractivity contribution in [2.24, 2.45) is 11.8 Å². The minimum Gasteiger partial charge on any atom is -0.491 e. The van der Waals surface area contributed by atoms with Crippen molar-refractivity contribution in [2.45, 2.75) is 45.3 Å². The molecule has 3 nitrogen and oxygen atoms in total. The molecular formula is C17H26BrNO2. The number of nitrogens with one attached hydrogen (secondary N) is 1. The van der Waals surface area contributed by atoms with E-state index in [-0.39, 0.29) is 0 Å². The van der Waals surface area contributed by atoms with Gasteiger partial charge in [-0.15, -0.1) is 0 Å². The van der Waals surface area contributed by atoms with E-state index in [1.807, 2.05) is 24.3 Å². The number of ether oxygens (including phenoxy) is 1. The maximum atomic E-state index is 10.0. The highest BCUT2D eigenvalue weighted by atomic mass is 79.9. The van der Waals surface area contributed by atoms with Crippen molar-refractivity contribution in [1.82, 2.24) is 5.32 Å². The zero-order valence-corrected chi connectivity index (χ0v) is 14.5. The second-order valence-corrected chi connectivity index (χ2v) is 7.21. The van der Waals surface area contributed by atoms with Gasteiger partial charge in [-0.1, -0.05) is 35.8 Å². The molecule has 4 unspecified atom stereocenters. The zero-order chi connectivity index (χ0) is 15.2. The average Bonchev–Trinajstić information content (AvgIpc) is 2.46. The van der Waals surface area contributed by atoms with Crippen LogP contribution in [0, 0.1) is 11.8 Å². The molecular weight excluding hydrogens is 330 g/mol. The van der Waals surface area contributed by atoms with E-state index in [1.165, 1.54) is 19.3 Å². The summed E-state index contributed by atoms with van der Waals surface area (Å²) < 4.78 is 6.59. The lowest BCUT2D eigenvalue weighted by molar-refractivity contribution is 0.0983. The van der Waals surface area contributed by atoms with Crippen molar-refractivity contribution < 1.29 is 9.84 Å². The van der Waals surface area contributed by atoms with Crippen molar-refractivity contribution in [3.8, 4) is 5.75 Å². The van der Waals surface area contributed by atoms with Crippen LogP contribution in [0.15, 0.2) is 28.7 Å². The zero-order valence-electron chi connectivity index (χ0n) is 12.9. The Balaban J connectivity index is 1.67. The number of halogens is 1. The molecule has 0 radical (unpaired) electrons. The van der Waals surface area contributed by atoms with E-state index in [0.717, 1.165) is 22.1 Å². The molecule has 0 aromatic heterocycles. The summed E-state index contributed by atoms with van der Waals surface area (Å²) in [6.07, 6.45) is 3.23. The summed E-state index contributed by atoms with van der Waals surface area (Å²) in [6, 6.07) is 8.22. The Morgan fingerprint density at radius 1 is 1.33 bits per heavy atom. The van der Waals surface area contributed by atoms with Crippen LogP contribution in [0.5, 0.6) is 5.75 Å². The molecule has 118 valence electrons. The molecule has 0 bridgehead atoms. The summed E-state index contributed by atoms with van der Waals surface area (Å²) in [5.74, 6) is 2.38. The highest BCUT2D eigenvalue weighted by Crippen LogP contribution is 2.29. The highest BCUT2D eigenvalue weighted by Gasteiger charge is 2.24. The van der Waals surface area contributed by atoms with E-state index in [2.05, 4.69) is 35.1 Å². The fraction of sp³-hybridized carbons (Fsp3) is 0.647. The van der Waals surface area contributed by atoms with E-state index in [1.54, 1.807) is 0 Å². The minimum absolute atomic E-state index is 0.322. The number of hydrogen-bond acceptors (Lipinski definition) is 3. The van der Waals surface area contributed by atoms with E-state index >= 15 is 0 Å². The molecule has 1 saturated carbocycles. The smallest absolute Gasteiger partial charge is 0.120 e. The molecule has 1 aliphatic carbocycles. The van der Waals surface area contributed by atoms with Gasteiger partial charge in [-0.05, 0) is 49.3 Å². The van der Waals surface area contributed by atoms with Crippen molar-refractivity contribution in [3.63, 3.8) is 0 Å². The van der Waals surface area contributed by atoms with Crippen LogP contribution >= 0.6 is 15.9 Å². The van der Waals surface area contributed by atoms with Gasteiger partial charge in [0.2, 0.25) is 0 Å². The summed E-state index contributed by atoms with van der Waals surface area (Å²) >= 11 is 3.41. The van der Waals surface area contributed by atoms with E-state index < -0.39 is 6.10 Å². The molecule has 2 N–H and O–H groups in total. The van der Waals surface area contributed by atoms with Gasteiger partial charge in [0.1, 0.15) is 18.5 Å². The monoisotopic (exact) mass is 355 g/mol. The third-order valence-electron chi connectivity index (χ3n) is 4.48. The van der Waals surface area contributed by atoms with Gasteiger partial charge in [0, 0.05) is 17.1 Å². The normalized spacial score (nSPS) is 27.3. The van der Waals surface area contributed by atoms with Crippen molar-refractivity contribution in [3.05, 3.63) is 28.7 Å². The Morgan fingerprint density at radius 2 is 2.14 bits per heavy atom. The first-order valence-corrected chi connectivity index (χ1v) is 8.63. The largest absolute Gasteiger partial charge is 0.491 e.